The molecule has 1 N–H and O–H groups in total. The van der Waals surface area contributed by atoms with Gasteiger partial charge in [0.25, 0.3) is 5.56 Å². The Morgan fingerprint density at radius 1 is 1.24 bits per heavy atom. The highest BCUT2D eigenvalue weighted by Gasteiger charge is 2.29. The molecule has 1 aromatic heterocycles. The molecule has 0 amide bonds. The summed E-state index contributed by atoms with van der Waals surface area (Å²) in [5, 5.41) is 3.90. The molecule has 34 heavy (non-hydrogen) atoms. The van der Waals surface area contributed by atoms with Crippen molar-refractivity contribution >= 4 is 22.6 Å². The number of esters is 1. The van der Waals surface area contributed by atoms with Crippen LogP contribution in [0.5, 0.6) is 0 Å². The van der Waals surface area contributed by atoms with Gasteiger partial charge in [0.2, 0.25) is 0 Å². The molecule has 0 bridgehead atoms. The second-order valence-electron chi connectivity index (χ2n) is 9.36. The maximum atomic E-state index is 13.9. The first-order chi connectivity index (χ1) is 16.1. The summed E-state index contributed by atoms with van der Waals surface area (Å²) in [6, 6.07) is 7.81. The lowest BCUT2D eigenvalue weighted by atomic mass is 9.89. The number of benzene rings is 2. The van der Waals surface area contributed by atoms with Gasteiger partial charge in [-0.3, -0.25) is 9.36 Å². The summed E-state index contributed by atoms with van der Waals surface area (Å²) in [7, 11) is 3.03. The van der Waals surface area contributed by atoms with E-state index in [9.17, 15) is 14.0 Å². The normalized spacial score (nSPS) is 14.9. The zero-order valence-electron chi connectivity index (χ0n) is 20.2. The molecule has 4 rings (SSSR count). The number of nitrogens with zero attached hydrogens (tertiary/aromatic N) is 2. The third kappa shape index (κ3) is 4.42. The summed E-state index contributed by atoms with van der Waals surface area (Å²) >= 11 is 0. The molecular formula is C26H30FN3O4. The third-order valence-corrected chi connectivity index (χ3v) is 6.45. The van der Waals surface area contributed by atoms with E-state index in [1.54, 1.807) is 11.6 Å². The largest absolute Gasteiger partial charge is 0.465 e. The maximum Gasteiger partial charge on any atom is 0.340 e. The molecule has 1 aliphatic heterocycles. The number of fused-ring (bicyclic) bond motifs is 1. The number of rotatable bonds is 5. The zero-order valence-corrected chi connectivity index (χ0v) is 20.2. The lowest BCUT2D eigenvalue weighted by Crippen LogP contribution is -2.32. The van der Waals surface area contributed by atoms with E-state index in [2.05, 4.69) is 5.32 Å². The fraction of sp³-hybridized carbons (Fsp3) is 0.423. The molecule has 0 atom stereocenters. The fourth-order valence-electron chi connectivity index (χ4n) is 4.64. The smallest absolute Gasteiger partial charge is 0.340 e. The van der Waals surface area contributed by atoms with Gasteiger partial charge in [0, 0.05) is 37.4 Å². The van der Waals surface area contributed by atoms with Crippen LogP contribution in [0.3, 0.4) is 0 Å². The van der Waals surface area contributed by atoms with Crippen LogP contribution in [0.15, 0.2) is 35.1 Å². The standard InChI is InChI=1S/C26H30FN3O4/c1-15-12-19-22(28-23(30(4)24(19)31)16-8-10-34-11-9-16)20(13-15)26(2,3)29-21-7-6-17(27)14-18(21)25(32)33-5/h6-7,12-14,16,29H,8-11H2,1-5H3. The number of methoxy groups -OCH3 is 1. The first-order valence-corrected chi connectivity index (χ1v) is 11.4. The van der Waals surface area contributed by atoms with E-state index in [-0.39, 0.29) is 17.0 Å². The van der Waals surface area contributed by atoms with Crippen LogP contribution in [0.2, 0.25) is 0 Å². The van der Waals surface area contributed by atoms with Crippen molar-refractivity contribution in [1.29, 1.82) is 0 Å². The summed E-state index contributed by atoms with van der Waals surface area (Å²) < 4.78 is 25.9. The predicted molar refractivity (Wildman–Crippen MR) is 129 cm³/mol. The van der Waals surface area contributed by atoms with Gasteiger partial charge in [-0.05, 0) is 63.4 Å². The maximum absolute atomic E-state index is 13.9. The minimum Gasteiger partial charge on any atom is -0.465 e. The average molecular weight is 468 g/mol. The Hall–Kier alpha value is -3.26. The highest BCUT2D eigenvalue weighted by atomic mass is 19.1. The van der Waals surface area contributed by atoms with Crippen molar-refractivity contribution in [3.05, 3.63) is 69.0 Å². The van der Waals surface area contributed by atoms with Crippen molar-refractivity contribution in [2.45, 2.75) is 45.1 Å². The molecule has 8 heteroatoms. The van der Waals surface area contributed by atoms with Crippen molar-refractivity contribution in [2.75, 3.05) is 25.6 Å². The molecule has 3 aromatic rings. The first-order valence-electron chi connectivity index (χ1n) is 11.4. The summed E-state index contributed by atoms with van der Waals surface area (Å²) in [6.45, 7) is 7.11. The monoisotopic (exact) mass is 467 g/mol. The van der Waals surface area contributed by atoms with E-state index in [1.165, 1.54) is 19.2 Å². The number of aromatic nitrogens is 2. The molecule has 2 heterocycles. The van der Waals surface area contributed by atoms with Crippen LogP contribution in [-0.4, -0.2) is 35.8 Å². The molecule has 1 aliphatic rings. The molecule has 0 spiro atoms. The average Bonchev–Trinajstić information content (AvgIpc) is 2.82. The summed E-state index contributed by atoms with van der Waals surface area (Å²) in [4.78, 5) is 30.7. The molecule has 1 saturated heterocycles. The van der Waals surface area contributed by atoms with E-state index < -0.39 is 17.3 Å². The van der Waals surface area contributed by atoms with Crippen molar-refractivity contribution in [1.82, 2.24) is 9.55 Å². The van der Waals surface area contributed by atoms with Gasteiger partial charge in [-0.25, -0.2) is 14.2 Å². The van der Waals surface area contributed by atoms with Crippen molar-refractivity contribution in [3.63, 3.8) is 0 Å². The van der Waals surface area contributed by atoms with Gasteiger partial charge in [-0.15, -0.1) is 0 Å². The van der Waals surface area contributed by atoms with Gasteiger partial charge in [0.15, 0.2) is 0 Å². The van der Waals surface area contributed by atoms with Crippen LogP contribution in [0.4, 0.5) is 10.1 Å². The second kappa shape index (κ2) is 9.18. The van der Waals surface area contributed by atoms with Crippen LogP contribution in [0.25, 0.3) is 10.9 Å². The van der Waals surface area contributed by atoms with E-state index in [0.717, 1.165) is 35.9 Å². The Kier molecular flexibility index (Phi) is 6.45. The summed E-state index contributed by atoms with van der Waals surface area (Å²) in [6.07, 6.45) is 1.62. The lowest BCUT2D eigenvalue weighted by Gasteiger charge is -2.31. The van der Waals surface area contributed by atoms with Gasteiger partial charge in [0.1, 0.15) is 11.6 Å². The number of nitrogens with one attached hydrogen (secondary N) is 1. The Bertz CT molecular complexity index is 1310. The van der Waals surface area contributed by atoms with Crippen molar-refractivity contribution in [3.8, 4) is 0 Å². The molecular weight excluding hydrogens is 437 g/mol. The van der Waals surface area contributed by atoms with Crippen LogP contribution in [0.1, 0.15) is 59.9 Å². The first kappa shape index (κ1) is 23.9. The number of hydrogen-bond donors (Lipinski definition) is 1. The van der Waals surface area contributed by atoms with Crippen LogP contribution >= 0.6 is 0 Å². The van der Waals surface area contributed by atoms with E-state index in [1.807, 2.05) is 32.9 Å². The highest BCUT2D eigenvalue weighted by Crippen LogP contribution is 2.34. The van der Waals surface area contributed by atoms with Gasteiger partial charge in [-0.2, -0.15) is 0 Å². The Labute approximate surface area is 197 Å². The third-order valence-electron chi connectivity index (χ3n) is 6.45. The number of halogens is 1. The SMILES string of the molecule is COC(=O)c1cc(F)ccc1NC(C)(C)c1cc(C)cc2c(=O)n(C)c(C3CCOCC3)nc12. The molecule has 2 aromatic carbocycles. The number of hydrogen-bond acceptors (Lipinski definition) is 6. The highest BCUT2D eigenvalue weighted by molar-refractivity contribution is 5.96. The van der Waals surface area contributed by atoms with Gasteiger partial charge < -0.3 is 14.8 Å². The Morgan fingerprint density at radius 2 is 1.94 bits per heavy atom. The molecule has 7 nitrogen and oxygen atoms in total. The van der Waals surface area contributed by atoms with Crippen molar-refractivity contribution in [2.24, 2.45) is 7.05 Å². The van der Waals surface area contributed by atoms with Crippen molar-refractivity contribution < 1.29 is 18.7 Å². The number of ether oxygens (including phenoxy) is 2. The Balaban J connectivity index is 1.87. The van der Waals surface area contributed by atoms with E-state index in [4.69, 9.17) is 14.5 Å². The molecule has 0 unspecified atom stereocenters. The number of aryl methyl sites for hydroxylation is 1. The number of carbonyl (C=O) groups excluding carboxylic acids is 1. The molecule has 0 saturated carbocycles. The van der Waals surface area contributed by atoms with E-state index in [0.29, 0.717) is 29.8 Å². The molecule has 0 radical (unpaired) electrons. The number of anilines is 1. The second-order valence-corrected chi connectivity index (χ2v) is 9.36. The summed E-state index contributed by atoms with van der Waals surface area (Å²) in [5.41, 5.74) is 2.03. The molecule has 0 aliphatic carbocycles. The molecule has 1 fully saturated rings. The summed E-state index contributed by atoms with van der Waals surface area (Å²) in [5.74, 6) is -0.278. The van der Waals surface area contributed by atoms with Gasteiger partial charge >= 0.3 is 5.97 Å². The number of carbonyl (C=O) groups is 1. The van der Waals surface area contributed by atoms with Gasteiger partial charge in [-0.1, -0.05) is 6.07 Å². The minimum absolute atomic E-state index is 0.0933. The predicted octanol–water partition coefficient (Wildman–Crippen LogP) is 4.41. The van der Waals surface area contributed by atoms with Crippen LogP contribution < -0.4 is 10.9 Å². The topological polar surface area (TPSA) is 82.5 Å². The van der Waals surface area contributed by atoms with Crippen LogP contribution in [-0.2, 0) is 22.1 Å². The van der Waals surface area contributed by atoms with Crippen LogP contribution in [0, 0.1) is 12.7 Å². The van der Waals surface area contributed by atoms with Gasteiger partial charge in [0.05, 0.1) is 29.1 Å². The zero-order chi connectivity index (χ0) is 24.6. The minimum atomic E-state index is -0.753. The quantitative estimate of drug-likeness (QED) is 0.560. The lowest BCUT2D eigenvalue weighted by molar-refractivity contribution is 0.0601. The Morgan fingerprint density at radius 3 is 2.62 bits per heavy atom. The fourth-order valence-corrected chi connectivity index (χ4v) is 4.64. The molecule has 180 valence electrons. The van der Waals surface area contributed by atoms with E-state index >= 15 is 0 Å².